The van der Waals surface area contributed by atoms with Crippen molar-refractivity contribution in [1.29, 1.82) is 0 Å². The molecule has 0 unspecified atom stereocenters. The molecule has 21 heavy (non-hydrogen) atoms. The van der Waals surface area contributed by atoms with Crippen LogP contribution in [0.5, 0.6) is 11.5 Å². The minimum Gasteiger partial charge on any atom is -0.507 e. The number of carboxylic acids is 1. The van der Waals surface area contributed by atoms with E-state index in [4.69, 9.17) is 5.11 Å². The monoisotopic (exact) mass is 281 g/mol. The first-order chi connectivity index (χ1) is 10.1. The second-order valence-corrected chi connectivity index (χ2v) is 4.59. The summed E-state index contributed by atoms with van der Waals surface area (Å²) in [5.74, 6) is -1.67. The fraction of sp³-hybridized carbons (Fsp3) is 0. The molecule has 3 aromatic rings. The molecule has 5 nitrogen and oxygen atoms in total. The van der Waals surface area contributed by atoms with Crippen molar-refractivity contribution in [1.82, 2.24) is 4.98 Å². The van der Waals surface area contributed by atoms with Gasteiger partial charge in [-0.05, 0) is 23.3 Å². The smallest absolute Gasteiger partial charge is 0.354 e. The number of rotatable bonds is 2. The van der Waals surface area contributed by atoms with E-state index in [-0.39, 0.29) is 22.7 Å². The van der Waals surface area contributed by atoms with E-state index in [1.807, 2.05) is 30.3 Å². The van der Waals surface area contributed by atoms with Gasteiger partial charge in [-0.15, -0.1) is 0 Å². The van der Waals surface area contributed by atoms with Crippen molar-refractivity contribution in [3.63, 3.8) is 0 Å². The largest absolute Gasteiger partial charge is 0.507 e. The summed E-state index contributed by atoms with van der Waals surface area (Å²) in [6, 6.07) is 13.6. The average molecular weight is 281 g/mol. The van der Waals surface area contributed by atoms with E-state index in [0.29, 0.717) is 10.9 Å². The van der Waals surface area contributed by atoms with Crippen molar-refractivity contribution in [3.8, 4) is 22.6 Å². The Morgan fingerprint density at radius 2 is 1.62 bits per heavy atom. The van der Waals surface area contributed by atoms with E-state index in [1.165, 1.54) is 6.07 Å². The lowest BCUT2D eigenvalue weighted by atomic mass is 10.0. The molecule has 0 aliphatic carbocycles. The molecule has 0 fully saturated rings. The third-order valence-electron chi connectivity index (χ3n) is 3.20. The molecule has 0 saturated carbocycles. The third kappa shape index (κ3) is 2.25. The number of phenols is 1. The molecule has 104 valence electrons. The summed E-state index contributed by atoms with van der Waals surface area (Å²) in [6.45, 7) is 0. The van der Waals surface area contributed by atoms with Crippen molar-refractivity contribution in [2.75, 3.05) is 0 Å². The van der Waals surface area contributed by atoms with E-state index in [2.05, 4.69) is 4.98 Å². The maximum atomic E-state index is 10.9. The van der Waals surface area contributed by atoms with E-state index in [1.54, 1.807) is 6.07 Å². The average Bonchev–Trinajstić information content (AvgIpc) is 2.48. The van der Waals surface area contributed by atoms with Crippen LogP contribution >= 0.6 is 0 Å². The zero-order chi connectivity index (χ0) is 15.0. The lowest BCUT2D eigenvalue weighted by Crippen LogP contribution is -2.00. The highest BCUT2D eigenvalue weighted by atomic mass is 16.4. The molecule has 0 radical (unpaired) electrons. The summed E-state index contributed by atoms with van der Waals surface area (Å²) in [4.78, 5) is 14.8. The number of phenolic OH excluding ortho intramolecular Hbond substituents is 1. The number of benzene rings is 2. The van der Waals surface area contributed by atoms with Gasteiger partial charge in [0.1, 0.15) is 17.0 Å². The Labute approximate surface area is 119 Å². The van der Waals surface area contributed by atoms with Gasteiger partial charge in [-0.3, -0.25) is 0 Å². The van der Waals surface area contributed by atoms with Gasteiger partial charge in [-0.1, -0.05) is 30.3 Å². The predicted octanol–water partition coefficient (Wildman–Crippen LogP) is 3.01. The van der Waals surface area contributed by atoms with Crippen LogP contribution in [0.4, 0.5) is 0 Å². The molecular formula is C16H11NO4. The second-order valence-electron chi connectivity index (χ2n) is 4.59. The van der Waals surface area contributed by atoms with Gasteiger partial charge in [0.25, 0.3) is 0 Å². The van der Waals surface area contributed by atoms with Gasteiger partial charge in [0, 0.05) is 11.5 Å². The molecule has 0 aliphatic rings. The van der Waals surface area contributed by atoms with Gasteiger partial charge in [-0.25, -0.2) is 9.78 Å². The zero-order valence-electron chi connectivity index (χ0n) is 10.8. The third-order valence-corrected chi connectivity index (χ3v) is 3.20. The molecule has 0 amide bonds. The van der Waals surface area contributed by atoms with Gasteiger partial charge in [0.2, 0.25) is 0 Å². The van der Waals surface area contributed by atoms with Crippen LogP contribution in [0, 0.1) is 0 Å². The quantitative estimate of drug-likeness (QED) is 0.671. The Morgan fingerprint density at radius 1 is 0.905 bits per heavy atom. The van der Waals surface area contributed by atoms with Crippen molar-refractivity contribution >= 4 is 16.9 Å². The Morgan fingerprint density at radius 3 is 2.29 bits per heavy atom. The summed E-state index contributed by atoms with van der Waals surface area (Å²) in [7, 11) is 0. The minimum absolute atomic E-state index is 0.0621. The summed E-state index contributed by atoms with van der Waals surface area (Å²) >= 11 is 0. The summed E-state index contributed by atoms with van der Waals surface area (Å²) in [5.41, 5.74) is 1.33. The lowest BCUT2D eigenvalue weighted by molar-refractivity contribution is 0.0690. The van der Waals surface area contributed by atoms with Gasteiger partial charge in [-0.2, -0.15) is 0 Å². The number of carboxylic acid groups (broad SMARTS) is 1. The van der Waals surface area contributed by atoms with Crippen LogP contribution in [0.25, 0.3) is 22.0 Å². The SMILES string of the molecule is O=C(O)c1cc(O)c2cc(-c3ccccc3)cc(O)c2n1. The van der Waals surface area contributed by atoms with Gasteiger partial charge in [0.15, 0.2) is 5.69 Å². The Kier molecular flexibility index (Phi) is 2.95. The molecule has 0 aliphatic heterocycles. The zero-order valence-corrected chi connectivity index (χ0v) is 10.8. The highest BCUT2D eigenvalue weighted by Crippen LogP contribution is 2.35. The molecule has 5 heteroatoms. The second kappa shape index (κ2) is 4.79. The van der Waals surface area contributed by atoms with Crippen LogP contribution in [0.15, 0.2) is 48.5 Å². The highest BCUT2D eigenvalue weighted by molar-refractivity contribution is 5.97. The topological polar surface area (TPSA) is 90.7 Å². The summed E-state index contributed by atoms with van der Waals surface area (Å²) in [5, 5.41) is 29.3. The van der Waals surface area contributed by atoms with Crippen LogP contribution in [-0.2, 0) is 0 Å². The number of pyridine rings is 1. The van der Waals surface area contributed by atoms with Crippen LogP contribution < -0.4 is 0 Å². The predicted molar refractivity (Wildman–Crippen MR) is 77.5 cm³/mol. The number of aromatic carboxylic acids is 1. The first-order valence-corrected chi connectivity index (χ1v) is 6.21. The maximum Gasteiger partial charge on any atom is 0.354 e. The fourth-order valence-corrected chi connectivity index (χ4v) is 2.20. The van der Waals surface area contributed by atoms with Crippen molar-refractivity contribution in [2.24, 2.45) is 0 Å². The molecule has 0 atom stereocenters. The van der Waals surface area contributed by atoms with Crippen LogP contribution in [0.2, 0.25) is 0 Å². The molecule has 1 aromatic heterocycles. The van der Waals surface area contributed by atoms with E-state index < -0.39 is 5.97 Å². The van der Waals surface area contributed by atoms with Gasteiger partial charge >= 0.3 is 5.97 Å². The number of aromatic hydroxyl groups is 2. The van der Waals surface area contributed by atoms with Crippen LogP contribution in [-0.4, -0.2) is 26.3 Å². The number of aromatic nitrogens is 1. The Balaban J connectivity index is 2.28. The Hall–Kier alpha value is -3.08. The number of nitrogens with zero attached hydrogens (tertiary/aromatic N) is 1. The van der Waals surface area contributed by atoms with Crippen LogP contribution in [0.3, 0.4) is 0 Å². The number of hydrogen-bond acceptors (Lipinski definition) is 4. The molecular weight excluding hydrogens is 270 g/mol. The first-order valence-electron chi connectivity index (χ1n) is 6.21. The number of hydrogen-bond donors (Lipinski definition) is 3. The van der Waals surface area contributed by atoms with Gasteiger partial charge in [0.05, 0.1) is 0 Å². The van der Waals surface area contributed by atoms with Crippen molar-refractivity contribution in [2.45, 2.75) is 0 Å². The molecule has 3 N–H and O–H groups in total. The summed E-state index contributed by atoms with van der Waals surface area (Å²) < 4.78 is 0. The Bertz CT molecular complexity index is 844. The minimum atomic E-state index is -1.27. The van der Waals surface area contributed by atoms with E-state index >= 15 is 0 Å². The maximum absolute atomic E-state index is 10.9. The van der Waals surface area contributed by atoms with Crippen molar-refractivity contribution in [3.05, 3.63) is 54.2 Å². The van der Waals surface area contributed by atoms with Gasteiger partial charge < -0.3 is 15.3 Å². The van der Waals surface area contributed by atoms with E-state index in [9.17, 15) is 15.0 Å². The lowest BCUT2D eigenvalue weighted by Gasteiger charge is -2.08. The van der Waals surface area contributed by atoms with Crippen LogP contribution in [0.1, 0.15) is 10.5 Å². The molecule has 2 aromatic carbocycles. The molecule has 1 heterocycles. The normalized spacial score (nSPS) is 10.7. The first kappa shape index (κ1) is 12.9. The summed E-state index contributed by atoms with van der Waals surface area (Å²) in [6.07, 6.45) is 0. The standard InChI is InChI=1S/C16H11NO4/c18-13-8-12(16(20)21)17-15-11(13)6-10(7-14(15)19)9-4-2-1-3-5-9/h1-8,19H,(H,17,18)(H,20,21). The molecule has 0 bridgehead atoms. The molecule has 0 spiro atoms. The van der Waals surface area contributed by atoms with E-state index in [0.717, 1.165) is 11.6 Å². The molecule has 0 saturated heterocycles. The number of fused-ring (bicyclic) bond motifs is 1. The van der Waals surface area contributed by atoms with Crippen molar-refractivity contribution < 1.29 is 20.1 Å². The fourth-order valence-electron chi connectivity index (χ4n) is 2.20. The molecule has 3 rings (SSSR count). The highest BCUT2D eigenvalue weighted by Gasteiger charge is 2.14. The number of carbonyl (C=O) groups is 1.